The van der Waals surface area contributed by atoms with Crippen molar-refractivity contribution in [3.63, 3.8) is 0 Å². The van der Waals surface area contributed by atoms with E-state index in [1.54, 1.807) is 33.9 Å². The number of fused-ring (bicyclic) bond motifs is 2. The zero-order valence-corrected chi connectivity index (χ0v) is 32.1. The van der Waals surface area contributed by atoms with Gasteiger partial charge in [-0.05, 0) is 42.0 Å². The molecule has 0 unspecified atom stereocenters. The second kappa shape index (κ2) is 17.5. The van der Waals surface area contributed by atoms with Crippen LogP contribution in [-0.4, -0.2) is 69.2 Å². The standard InChI is InChI=1S/C24H22N4O2S.C20H13N3O2S/c29-24(22-15-31-16-25-22)27-21-6-2-4-18-7-8-20(26-23(18)21)19-5-1-3-17(13-19)14-28-9-11-30-12-10-28;24-10-13-3-1-5-15(9-13)16-8-7-14-4-2-6-17(19(14)22-16)23-20(25)18-11-26-12-21-18/h1-8,13,15-16H,9-12,14H2,(H,27,29);1-12H,(H,23,25). The van der Waals surface area contributed by atoms with Crippen LogP contribution in [0.2, 0.25) is 0 Å². The number of carbonyl (C=O) groups is 3. The van der Waals surface area contributed by atoms with Gasteiger partial charge in [0, 0.05) is 57.9 Å². The van der Waals surface area contributed by atoms with E-state index in [9.17, 15) is 14.4 Å². The van der Waals surface area contributed by atoms with Crippen LogP contribution in [0.1, 0.15) is 36.9 Å². The first-order valence-corrected chi connectivity index (χ1v) is 20.0. The first kappa shape index (κ1) is 37.4. The fourth-order valence-corrected chi connectivity index (χ4v) is 7.52. The molecule has 5 heterocycles. The summed E-state index contributed by atoms with van der Waals surface area (Å²) < 4.78 is 5.45. The van der Waals surface area contributed by atoms with Gasteiger partial charge < -0.3 is 15.4 Å². The molecule has 0 spiro atoms. The molecule has 9 rings (SSSR count). The lowest BCUT2D eigenvalue weighted by molar-refractivity contribution is 0.0342. The van der Waals surface area contributed by atoms with Crippen LogP contribution in [0.15, 0.2) is 131 Å². The van der Waals surface area contributed by atoms with Gasteiger partial charge in [0.25, 0.3) is 11.8 Å². The molecule has 1 aliphatic heterocycles. The molecule has 57 heavy (non-hydrogen) atoms. The number of nitrogens with one attached hydrogen (secondary N) is 2. The van der Waals surface area contributed by atoms with Gasteiger partial charge in [-0.25, -0.2) is 19.9 Å². The van der Waals surface area contributed by atoms with Gasteiger partial charge >= 0.3 is 0 Å². The minimum Gasteiger partial charge on any atom is -0.379 e. The average molecular weight is 790 g/mol. The summed E-state index contributed by atoms with van der Waals surface area (Å²) >= 11 is 2.77. The van der Waals surface area contributed by atoms with Crippen LogP contribution < -0.4 is 10.6 Å². The highest BCUT2D eigenvalue weighted by atomic mass is 32.1. The number of hydrogen-bond donors (Lipinski definition) is 2. The van der Waals surface area contributed by atoms with E-state index >= 15 is 0 Å². The van der Waals surface area contributed by atoms with Gasteiger partial charge in [0.2, 0.25) is 0 Å². The molecule has 4 aromatic carbocycles. The van der Waals surface area contributed by atoms with E-state index in [0.29, 0.717) is 33.8 Å². The van der Waals surface area contributed by atoms with Crippen LogP contribution >= 0.6 is 22.7 Å². The van der Waals surface area contributed by atoms with Crippen molar-refractivity contribution in [3.8, 4) is 22.5 Å². The highest BCUT2D eigenvalue weighted by Crippen LogP contribution is 2.29. The number of benzene rings is 4. The molecular formula is C44H35N7O4S2. The fourth-order valence-electron chi connectivity index (χ4n) is 6.46. The van der Waals surface area contributed by atoms with Crippen LogP contribution in [0.25, 0.3) is 44.3 Å². The summed E-state index contributed by atoms with van der Waals surface area (Å²) in [7, 11) is 0. The maximum atomic E-state index is 12.5. The summed E-state index contributed by atoms with van der Waals surface area (Å²) in [5, 5.41) is 11.2. The van der Waals surface area contributed by atoms with Gasteiger partial charge in [-0.2, -0.15) is 0 Å². The molecule has 8 aromatic rings. The number of carbonyl (C=O) groups excluding carboxylic acids is 3. The Morgan fingerprint density at radius 3 is 1.75 bits per heavy atom. The second-order valence-corrected chi connectivity index (χ2v) is 14.6. The molecule has 2 N–H and O–H groups in total. The number of morpholine rings is 1. The van der Waals surface area contributed by atoms with Crippen LogP contribution in [0.4, 0.5) is 11.4 Å². The number of nitrogens with zero attached hydrogens (tertiary/aromatic N) is 5. The number of anilines is 2. The highest BCUT2D eigenvalue weighted by Gasteiger charge is 2.15. The first-order chi connectivity index (χ1) is 28.0. The molecule has 0 saturated carbocycles. The summed E-state index contributed by atoms with van der Waals surface area (Å²) in [5.74, 6) is -0.498. The van der Waals surface area contributed by atoms with Crippen molar-refractivity contribution in [1.82, 2.24) is 24.8 Å². The molecular weight excluding hydrogens is 755 g/mol. The molecule has 1 saturated heterocycles. The average Bonchev–Trinajstić information content (AvgIpc) is 4.01. The maximum absolute atomic E-state index is 12.5. The van der Waals surface area contributed by atoms with Crippen molar-refractivity contribution < 1.29 is 19.1 Å². The number of thiazole rings is 2. The Morgan fingerprint density at radius 1 is 0.667 bits per heavy atom. The number of aromatic nitrogens is 4. The topological polar surface area (TPSA) is 139 Å². The summed E-state index contributed by atoms with van der Waals surface area (Å²) in [6.07, 6.45) is 0.810. The quantitative estimate of drug-likeness (QED) is 0.137. The van der Waals surface area contributed by atoms with Gasteiger partial charge in [-0.15, -0.1) is 22.7 Å². The monoisotopic (exact) mass is 789 g/mol. The Labute approximate surface area is 336 Å². The number of ether oxygens (including phenoxy) is 1. The lowest BCUT2D eigenvalue weighted by Gasteiger charge is -2.26. The molecule has 0 radical (unpaired) electrons. The lowest BCUT2D eigenvalue weighted by Crippen LogP contribution is -2.35. The molecule has 11 nitrogen and oxygen atoms in total. The minimum atomic E-state index is -0.270. The highest BCUT2D eigenvalue weighted by molar-refractivity contribution is 7.08. The minimum absolute atomic E-state index is 0.228. The zero-order chi connectivity index (χ0) is 39.0. The third-order valence-electron chi connectivity index (χ3n) is 9.32. The van der Waals surface area contributed by atoms with E-state index in [1.165, 1.54) is 28.2 Å². The normalized spacial score (nSPS) is 12.8. The van der Waals surface area contributed by atoms with E-state index in [-0.39, 0.29) is 11.8 Å². The summed E-state index contributed by atoms with van der Waals surface area (Å²) in [5.41, 5.74) is 12.2. The number of para-hydroxylation sites is 2. The third kappa shape index (κ3) is 8.98. The van der Waals surface area contributed by atoms with Crippen molar-refractivity contribution in [2.45, 2.75) is 6.54 Å². The zero-order valence-electron chi connectivity index (χ0n) is 30.5. The van der Waals surface area contributed by atoms with Crippen LogP contribution in [-0.2, 0) is 11.3 Å². The predicted octanol–water partition coefficient (Wildman–Crippen LogP) is 8.87. The Morgan fingerprint density at radius 2 is 1.21 bits per heavy atom. The number of pyridine rings is 2. The number of rotatable bonds is 9. The van der Waals surface area contributed by atoms with E-state index < -0.39 is 0 Å². The SMILES string of the molecule is O=C(Nc1cccc2ccc(-c3cccc(CN4CCOCC4)c3)nc12)c1cscn1.O=Cc1cccc(-c2ccc3cccc(NC(=O)c4cscn4)c3n2)c1. The van der Waals surface area contributed by atoms with Gasteiger partial charge in [0.1, 0.15) is 17.7 Å². The molecule has 13 heteroatoms. The van der Waals surface area contributed by atoms with Crippen LogP contribution in [0.3, 0.4) is 0 Å². The smallest absolute Gasteiger partial charge is 0.275 e. The Bertz CT molecular complexity index is 2680. The van der Waals surface area contributed by atoms with E-state index in [0.717, 1.165) is 77.9 Å². The summed E-state index contributed by atoms with van der Waals surface area (Å²) in [4.78, 5) is 56.0. The van der Waals surface area contributed by atoms with Gasteiger partial charge in [0.05, 0.1) is 58.0 Å². The van der Waals surface area contributed by atoms with Gasteiger partial charge in [-0.3, -0.25) is 19.3 Å². The third-order valence-corrected chi connectivity index (χ3v) is 10.5. The summed E-state index contributed by atoms with van der Waals surface area (Å²) in [6, 6.07) is 35.1. The van der Waals surface area contributed by atoms with Crippen molar-refractivity contribution in [2.75, 3.05) is 36.9 Å². The van der Waals surface area contributed by atoms with E-state index in [4.69, 9.17) is 14.7 Å². The second-order valence-electron chi connectivity index (χ2n) is 13.1. The molecule has 2 amide bonds. The van der Waals surface area contributed by atoms with Crippen LogP contribution in [0.5, 0.6) is 0 Å². The van der Waals surface area contributed by atoms with E-state index in [2.05, 4.69) is 49.8 Å². The number of hydrogen-bond acceptors (Lipinski definition) is 11. The molecule has 4 aromatic heterocycles. The van der Waals surface area contributed by atoms with E-state index in [1.807, 2.05) is 72.8 Å². The Balaban J connectivity index is 0.000000162. The largest absolute Gasteiger partial charge is 0.379 e. The first-order valence-electron chi connectivity index (χ1n) is 18.1. The number of aldehydes is 1. The van der Waals surface area contributed by atoms with Crippen molar-refractivity contribution in [1.29, 1.82) is 0 Å². The summed E-state index contributed by atoms with van der Waals surface area (Å²) in [6.45, 7) is 4.41. The van der Waals surface area contributed by atoms with Gasteiger partial charge in [-0.1, -0.05) is 72.8 Å². The Hall–Kier alpha value is -6.51. The Kier molecular flexibility index (Phi) is 11.5. The fraction of sp³-hybridized carbons (Fsp3) is 0.114. The molecule has 0 aliphatic carbocycles. The molecule has 1 fully saturated rings. The predicted molar refractivity (Wildman–Crippen MR) is 226 cm³/mol. The molecule has 0 bridgehead atoms. The number of amides is 2. The molecule has 1 aliphatic rings. The molecule has 0 atom stereocenters. The van der Waals surface area contributed by atoms with Crippen molar-refractivity contribution in [2.24, 2.45) is 0 Å². The van der Waals surface area contributed by atoms with Crippen molar-refractivity contribution in [3.05, 3.63) is 153 Å². The molecule has 282 valence electrons. The lowest BCUT2D eigenvalue weighted by atomic mass is 10.1. The van der Waals surface area contributed by atoms with Gasteiger partial charge in [0.15, 0.2) is 0 Å². The van der Waals surface area contributed by atoms with Crippen LogP contribution in [0, 0.1) is 0 Å². The van der Waals surface area contributed by atoms with Crippen molar-refractivity contribution >= 4 is 74.0 Å². The maximum Gasteiger partial charge on any atom is 0.275 e.